The predicted molar refractivity (Wildman–Crippen MR) is 82.3 cm³/mol. The standard InChI is InChI=1S/C15H22N2OS/c1-19-13-8-7-12(10-13)17-15(18)9-6-11-4-2-3-5-14(11)16/h2-5,12-13H,6-10,16H2,1H3,(H,17,18). The Morgan fingerprint density at radius 1 is 1.42 bits per heavy atom. The van der Waals surface area contributed by atoms with Gasteiger partial charge in [-0.3, -0.25) is 4.79 Å². The number of nitrogens with two attached hydrogens (primary N) is 1. The Morgan fingerprint density at radius 2 is 2.21 bits per heavy atom. The second-order valence-electron chi connectivity index (χ2n) is 5.13. The van der Waals surface area contributed by atoms with Gasteiger partial charge in [-0.1, -0.05) is 18.2 Å². The van der Waals surface area contributed by atoms with E-state index in [1.807, 2.05) is 36.0 Å². The second-order valence-corrected chi connectivity index (χ2v) is 6.27. The molecule has 1 aliphatic rings. The number of hydrogen-bond donors (Lipinski definition) is 2. The van der Waals surface area contributed by atoms with Crippen LogP contribution in [-0.4, -0.2) is 23.5 Å². The van der Waals surface area contributed by atoms with Crippen molar-refractivity contribution in [3.05, 3.63) is 29.8 Å². The van der Waals surface area contributed by atoms with Crippen molar-refractivity contribution in [2.45, 2.75) is 43.4 Å². The number of amides is 1. The third-order valence-electron chi connectivity index (χ3n) is 3.76. The van der Waals surface area contributed by atoms with Gasteiger partial charge in [0.15, 0.2) is 0 Å². The molecule has 0 aromatic heterocycles. The molecule has 0 aliphatic heterocycles. The first kappa shape index (κ1) is 14.3. The number of thioether (sulfide) groups is 1. The Morgan fingerprint density at radius 3 is 2.89 bits per heavy atom. The molecule has 1 amide bonds. The van der Waals surface area contributed by atoms with E-state index in [2.05, 4.69) is 11.6 Å². The summed E-state index contributed by atoms with van der Waals surface area (Å²) >= 11 is 1.91. The highest BCUT2D eigenvalue weighted by Crippen LogP contribution is 2.28. The molecule has 104 valence electrons. The van der Waals surface area contributed by atoms with E-state index in [4.69, 9.17) is 5.73 Å². The average molecular weight is 278 g/mol. The summed E-state index contributed by atoms with van der Waals surface area (Å²) in [6.45, 7) is 0. The lowest BCUT2D eigenvalue weighted by Gasteiger charge is -2.13. The van der Waals surface area contributed by atoms with Gasteiger partial charge in [-0.2, -0.15) is 11.8 Å². The highest BCUT2D eigenvalue weighted by atomic mass is 32.2. The van der Waals surface area contributed by atoms with Crippen LogP contribution in [0.15, 0.2) is 24.3 Å². The number of hydrogen-bond acceptors (Lipinski definition) is 3. The Hall–Kier alpha value is -1.16. The number of para-hydroxylation sites is 1. The third-order valence-corrected chi connectivity index (χ3v) is 4.85. The van der Waals surface area contributed by atoms with Crippen molar-refractivity contribution >= 4 is 23.4 Å². The molecule has 2 unspecified atom stereocenters. The maximum atomic E-state index is 11.9. The Labute approximate surface area is 119 Å². The maximum absolute atomic E-state index is 11.9. The number of nitrogens with one attached hydrogen (secondary N) is 1. The van der Waals surface area contributed by atoms with Crippen LogP contribution < -0.4 is 11.1 Å². The van der Waals surface area contributed by atoms with Crippen LogP contribution in [-0.2, 0) is 11.2 Å². The van der Waals surface area contributed by atoms with E-state index in [-0.39, 0.29) is 5.91 Å². The molecule has 1 fully saturated rings. The molecule has 19 heavy (non-hydrogen) atoms. The molecule has 1 aromatic carbocycles. The fourth-order valence-electron chi connectivity index (χ4n) is 2.60. The van der Waals surface area contributed by atoms with Crippen LogP contribution in [0.5, 0.6) is 0 Å². The molecule has 4 heteroatoms. The number of aryl methyl sites for hydroxylation is 1. The fraction of sp³-hybridized carbons (Fsp3) is 0.533. The summed E-state index contributed by atoms with van der Waals surface area (Å²) in [4.78, 5) is 11.9. The van der Waals surface area contributed by atoms with Gasteiger partial charge in [0.2, 0.25) is 5.91 Å². The van der Waals surface area contributed by atoms with Crippen LogP contribution in [0.3, 0.4) is 0 Å². The van der Waals surface area contributed by atoms with Gasteiger partial charge in [-0.05, 0) is 43.6 Å². The summed E-state index contributed by atoms with van der Waals surface area (Å²) < 4.78 is 0. The molecule has 1 aromatic rings. The van der Waals surface area contributed by atoms with E-state index in [1.54, 1.807) is 0 Å². The highest BCUT2D eigenvalue weighted by Gasteiger charge is 2.24. The first-order valence-corrected chi connectivity index (χ1v) is 8.13. The molecule has 0 saturated heterocycles. The molecular formula is C15H22N2OS. The Kier molecular flexibility index (Phi) is 5.14. The molecule has 3 N–H and O–H groups in total. The number of carbonyl (C=O) groups excluding carboxylic acids is 1. The van der Waals surface area contributed by atoms with E-state index in [0.717, 1.165) is 35.8 Å². The van der Waals surface area contributed by atoms with Crippen molar-refractivity contribution in [3.63, 3.8) is 0 Å². The molecule has 2 atom stereocenters. The largest absolute Gasteiger partial charge is 0.399 e. The molecule has 0 bridgehead atoms. The minimum atomic E-state index is 0.148. The summed E-state index contributed by atoms with van der Waals surface area (Å²) in [5.41, 5.74) is 7.71. The smallest absolute Gasteiger partial charge is 0.220 e. The monoisotopic (exact) mass is 278 g/mol. The van der Waals surface area contributed by atoms with Crippen LogP contribution in [0, 0.1) is 0 Å². The van der Waals surface area contributed by atoms with Crippen LogP contribution in [0.25, 0.3) is 0 Å². The van der Waals surface area contributed by atoms with E-state index in [9.17, 15) is 4.79 Å². The number of benzene rings is 1. The van der Waals surface area contributed by atoms with E-state index in [1.165, 1.54) is 6.42 Å². The molecular weight excluding hydrogens is 256 g/mol. The lowest BCUT2D eigenvalue weighted by atomic mass is 10.1. The van der Waals surface area contributed by atoms with Gasteiger partial charge < -0.3 is 11.1 Å². The lowest BCUT2D eigenvalue weighted by Crippen LogP contribution is -2.33. The van der Waals surface area contributed by atoms with Crippen molar-refractivity contribution in [1.29, 1.82) is 0 Å². The van der Waals surface area contributed by atoms with Gasteiger partial charge in [0.1, 0.15) is 0 Å². The minimum absolute atomic E-state index is 0.148. The number of carbonyl (C=O) groups is 1. The molecule has 2 rings (SSSR count). The van der Waals surface area contributed by atoms with E-state index >= 15 is 0 Å². The van der Waals surface area contributed by atoms with Crippen LogP contribution >= 0.6 is 11.8 Å². The second kappa shape index (κ2) is 6.85. The van der Waals surface area contributed by atoms with Crippen LogP contribution in [0.4, 0.5) is 5.69 Å². The Balaban J connectivity index is 1.75. The van der Waals surface area contributed by atoms with Crippen LogP contribution in [0.1, 0.15) is 31.2 Å². The lowest BCUT2D eigenvalue weighted by molar-refractivity contribution is -0.121. The van der Waals surface area contributed by atoms with Gasteiger partial charge in [0, 0.05) is 23.4 Å². The van der Waals surface area contributed by atoms with Crippen molar-refractivity contribution in [2.75, 3.05) is 12.0 Å². The number of nitrogen functional groups attached to an aromatic ring is 1. The highest BCUT2D eigenvalue weighted by molar-refractivity contribution is 7.99. The summed E-state index contributed by atoms with van der Waals surface area (Å²) in [5.74, 6) is 0.148. The van der Waals surface area contributed by atoms with Gasteiger partial charge in [0.25, 0.3) is 0 Å². The first-order valence-electron chi connectivity index (χ1n) is 6.84. The van der Waals surface area contributed by atoms with Gasteiger partial charge in [-0.25, -0.2) is 0 Å². The Bertz CT molecular complexity index is 436. The predicted octanol–water partition coefficient (Wildman–Crippen LogP) is 2.60. The summed E-state index contributed by atoms with van der Waals surface area (Å²) in [7, 11) is 0. The summed E-state index contributed by atoms with van der Waals surface area (Å²) in [6.07, 6.45) is 6.84. The van der Waals surface area contributed by atoms with Crippen molar-refractivity contribution in [3.8, 4) is 0 Å². The number of rotatable bonds is 5. The molecule has 0 spiro atoms. The van der Waals surface area contributed by atoms with E-state index < -0.39 is 0 Å². The SMILES string of the molecule is CSC1CCC(NC(=O)CCc2ccccc2N)C1. The van der Waals surface area contributed by atoms with Crippen molar-refractivity contribution in [2.24, 2.45) is 0 Å². The van der Waals surface area contributed by atoms with Gasteiger partial charge >= 0.3 is 0 Å². The normalized spacial score (nSPS) is 22.4. The zero-order chi connectivity index (χ0) is 13.7. The molecule has 1 saturated carbocycles. The minimum Gasteiger partial charge on any atom is -0.399 e. The zero-order valence-corrected chi connectivity index (χ0v) is 12.2. The van der Waals surface area contributed by atoms with Crippen LogP contribution in [0.2, 0.25) is 0 Å². The molecule has 0 heterocycles. The fourth-order valence-corrected chi connectivity index (χ4v) is 3.39. The number of anilines is 1. The maximum Gasteiger partial charge on any atom is 0.220 e. The van der Waals surface area contributed by atoms with Gasteiger partial charge in [-0.15, -0.1) is 0 Å². The van der Waals surface area contributed by atoms with Gasteiger partial charge in [0.05, 0.1) is 0 Å². The summed E-state index contributed by atoms with van der Waals surface area (Å²) in [6, 6.07) is 8.12. The average Bonchev–Trinajstić information content (AvgIpc) is 2.85. The first-order chi connectivity index (χ1) is 9.19. The molecule has 0 radical (unpaired) electrons. The van der Waals surface area contributed by atoms with Crippen molar-refractivity contribution in [1.82, 2.24) is 5.32 Å². The third kappa shape index (κ3) is 4.16. The zero-order valence-electron chi connectivity index (χ0n) is 11.4. The van der Waals surface area contributed by atoms with E-state index in [0.29, 0.717) is 12.5 Å². The quantitative estimate of drug-likeness (QED) is 0.814. The molecule has 1 aliphatic carbocycles. The topological polar surface area (TPSA) is 55.1 Å². The summed E-state index contributed by atoms with van der Waals surface area (Å²) in [5, 5.41) is 3.86. The van der Waals surface area contributed by atoms with Crippen molar-refractivity contribution < 1.29 is 4.79 Å². The molecule has 3 nitrogen and oxygen atoms in total.